The molecule has 0 spiro atoms. The van der Waals surface area contributed by atoms with Gasteiger partial charge in [-0.15, -0.1) is 0 Å². The van der Waals surface area contributed by atoms with Crippen molar-refractivity contribution in [2.45, 2.75) is 46.1 Å². The Morgan fingerprint density at radius 2 is 1.78 bits per heavy atom. The molecule has 0 saturated carbocycles. The summed E-state index contributed by atoms with van der Waals surface area (Å²) in [5.41, 5.74) is 1.21. The Balaban J connectivity index is 1.29. The molecule has 4 atom stereocenters. The highest BCUT2D eigenvalue weighted by Gasteiger charge is 2.41. The van der Waals surface area contributed by atoms with Crippen LogP contribution in [-0.4, -0.2) is 67.6 Å². The molecule has 0 bridgehead atoms. The lowest BCUT2D eigenvalue weighted by Crippen LogP contribution is -2.37. The highest BCUT2D eigenvalue weighted by molar-refractivity contribution is 5.79. The maximum atomic E-state index is 12.7. The van der Waals surface area contributed by atoms with Gasteiger partial charge in [0.2, 0.25) is 11.8 Å². The maximum Gasteiger partial charge on any atom is 0.226 e. The van der Waals surface area contributed by atoms with Gasteiger partial charge in [-0.2, -0.15) is 0 Å². The molecule has 3 fully saturated rings. The summed E-state index contributed by atoms with van der Waals surface area (Å²) in [6, 6.07) is 10.3. The summed E-state index contributed by atoms with van der Waals surface area (Å²) in [6.07, 6.45) is 2.34. The number of fused-ring (bicyclic) bond motifs is 1. The van der Waals surface area contributed by atoms with Crippen LogP contribution >= 0.6 is 0 Å². The number of rotatable bonds is 7. The monoisotopic (exact) mass is 441 g/mol. The van der Waals surface area contributed by atoms with Crippen molar-refractivity contribution in [2.75, 3.05) is 45.9 Å². The van der Waals surface area contributed by atoms with Crippen molar-refractivity contribution in [1.82, 2.24) is 15.1 Å². The van der Waals surface area contributed by atoms with Crippen molar-refractivity contribution < 1.29 is 14.3 Å². The largest absolute Gasteiger partial charge is 0.381 e. The number of nitrogens with zero attached hydrogens (tertiary/aromatic N) is 2. The first kappa shape index (κ1) is 23.2. The van der Waals surface area contributed by atoms with Crippen LogP contribution in [0.1, 0.15) is 51.6 Å². The molecule has 1 N–H and O–H groups in total. The average molecular weight is 442 g/mol. The van der Waals surface area contributed by atoms with E-state index in [2.05, 4.69) is 48.0 Å². The molecule has 6 heteroatoms. The van der Waals surface area contributed by atoms with E-state index in [0.717, 1.165) is 51.1 Å². The number of likely N-dealkylation sites (tertiary alicyclic amines) is 2. The van der Waals surface area contributed by atoms with Crippen molar-refractivity contribution in [1.29, 1.82) is 0 Å². The Morgan fingerprint density at radius 3 is 2.38 bits per heavy atom. The van der Waals surface area contributed by atoms with Crippen LogP contribution in [0, 0.1) is 23.2 Å². The lowest BCUT2D eigenvalue weighted by molar-refractivity contribution is -0.132. The first-order valence-electron chi connectivity index (χ1n) is 12.2. The molecular weight excluding hydrogens is 402 g/mol. The van der Waals surface area contributed by atoms with Crippen molar-refractivity contribution in [3.8, 4) is 0 Å². The maximum absolute atomic E-state index is 12.7. The van der Waals surface area contributed by atoms with Gasteiger partial charge in [-0.05, 0) is 35.7 Å². The molecule has 3 unspecified atom stereocenters. The van der Waals surface area contributed by atoms with Crippen LogP contribution in [0.25, 0.3) is 0 Å². The molecule has 0 radical (unpaired) electrons. The summed E-state index contributed by atoms with van der Waals surface area (Å²) in [4.78, 5) is 30.0. The van der Waals surface area contributed by atoms with Crippen LogP contribution in [0.5, 0.6) is 0 Å². The van der Waals surface area contributed by atoms with E-state index in [1.807, 2.05) is 18.2 Å². The predicted molar refractivity (Wildman–Crippen MR) is 125 cm³/mol. The molecule has 3 saturated heterocycles. The minimum atomic E-state index is -0.0241. The second-order valence-electron chi connectivity index (χ2n) is 11.1. The van der Waals surface area contributed by atoms with E-state index >= 15 is 0 Å². The third-order valence-electron chi connectivity index (χ3n) is 7.15. The number of carbonyl (C=O) groups excluding carboxylic acids is 2. The third kappa shape index (κ3) is 5.90. The SMILES string of the molecule is CC(C)(C)CC(=O)N1CC2CN(CC[C@H](NC(=O)C3CCOC3)c3ccccc3)CC2C1. The number of carbonyl (C=O) groups is 2. The minimum Gasteiger partial charge on any atom is -0.381 e. The van der Waals surface area contributed by atoms with Gasteiger partial charge in [0.1, 0.15) is 0 Å². The van der Waals surface area contributed by atoms with Crippen LogP contribution in [0.2, 0.25) is 0 Å². The molecule has 176 valence electrons. The smallest absolute Gasteiger partial charge is 0.226 e. The zero-order chi connectivity index (χ0) is 22.7. The zero-order valence-corrected chi connectivity index (χ0v) is 19.9. The number of benzene rings is 1. The van der Waals surface area contributed by atoms with Crippen LogP contribution in [0.15, 0.2) is 30.3 Å². The standard InChI is InChI=1S/C26H39N3O3/c1-26(2,3)13-24(30)29-16-21-14-28(15-22(21)17-29)11-9-23(19-7-5-4-6-8-19)27-25(31)20-10-12-32-18-20/h4-8,20-23H,9-18H2,1-3H3,(H,27,31)/t20?,21?,22?,23-/m0/s1. The quantitative estimate of drug-likeness (QED) is 0.706. The summed E-state index contributed by atoms with van der Waals surface area (Å²) in [6.45, 7) is 12.5. The van der Waals surface area contributed by atoms with Crippen molar-refractivity contribution in [2.24, 2.45) is 23.2 Å². The third-order valence-corrected chi connectivity index (χ3v) is 7.15. The molecule has 4 rings (SSSR count). The first-order valence-corrected chi connectivity index (χ1v) is 12.2. The van der Waals surface area contributed by atoms with Crippen molar-refractivity contribution in [3.05, 3.63) is 35.9 Å². The summed E-state index contributed by atoms with van der Waals surface area (Å²) in [7, 11) is 0. The van der Waals surface area contributed by atoms with Gasteiger partial charge in [0.25, 0.3) is 0 Å². The summed E-state index contributed by atoms with van der Waals surface area (Å²) in [5.74, 6) is 1.56. The molecule has 3 aliphatic rings. The average Bonchev–Trinajstić information content (AvgIpc) is 3.46. The van der Waals surface area contributed by atoms with Crippen LogP contribution < -0.4 is 5.32 Å². The Morgan fingerprint density at radius 1 is 1.09 bits per heavy atom. The molecule has 0 aliphatic carbocycles. The summed E-state index contributed by atoms with van der Waals surface area (Å²) in [5, 5.41) is 3.29. The van der Waals surface area contributed by atoms with E-state index < -0.39 is 0 Å². The summed E-state index contributed by atoms with van der Waals surface area (Å²) < 4.78 is 5.40. The van der Waals surface area contributed by atoms with Gasteiger partial charge in [-0.1, -0.05) is 51.1 Å². The van der Waals surface area contributed by atoms with E-state index in [-0.39, 0.29) is 23.3 Å². The fourth-order valence-corrected chi connectivity index (χ4v) is 5.39. The van der Waals surface area contributed by atoms with Crippen molar-refractivity contribution >= 4 is 11.8 Å². The molecule has 6 nitrogen and oxygen atoms in total. The van der Waals surface area contributed by atoms with E-state index in [0.29, 0.717) is 37.4 Å². The number of nitrogens with one attached hydrogen (secondary N) is 1. The first-order chi connectivity index (χ1) is 15.3. The predicted octanol–water partition coefficient (Wildman–Crippen LogP) is 3.10. The normalized spacial score (nSPS) is 26.8. The molecule has 3 aliphatic heterocycles. The fourth-order valence-electron chi connectivity index (χ4n) is 5.39. The Bertz CT molecular complexity index is 771. The van der Waals surface area contributed by atoms with Gasteiger partial charge in [0, 0.05) is 45.8 Å². The van der Waals surface area contributed by atoms with Gasteiger partial charge in [0.15, 0.2) is 0 Å². The second kappa shape index (κ2) is 9.92. The molecule has 0 aromatic heterocycles. The number of hydrogen-bond donors (Lipinski definition) is 1. The van der Waals surface area contributed by atoms with Gasteiger partial charge < -0.3 is 19.9 Å². The minimum absolute atomic E-state index is 0.0228. The van der Waals surface area contributed by atoms with Crippen LogP contribution in [0.4, 0.5) is 0 Å². The second-order valence-corrected chi connectivity index (χ2v) is 11.1. The Hall–Kier alpha value is -1.92. The van der Waals surface area contributed by atoms with E-state index in [1.165, 1.54) is 0 Å². The molecule has 1 aromatic carbocycles. The molecule has 32 heavy (non-hydrogen) atoms. The molecule has 2 amide bonds. The van der Waals surface area contributed by atoms with Gasteiger partial charge >= 0.3 is 0 Å². The number of hydrogen-bond acceptors (Lipinski definition) is 4. The van der Waals surface area contributed by atoms with Gasteiger partial charge in [0.05, 0.1) is 18.6 Å². The molecule has 3 heterocycles. The van der Waals surface area contributed by atoms with E-state index in [4.69, 9.17) is 4.74 Å². The topological polar surface area (TPSA) is 61.9 Å². The van der Waals surface area contributed by atoms with Crippen LogP contribution in [-0.2, 0) is 14.3 Å². The molecule has 1 aromatic rings. The van der Waals surface area contributed by atoms with Gasteiger partial charge in [-0.25, -0.2) is 0 Å². The Kier molecular flexibility index (Phi) is 7.21. The van der Waals surface area contributed by atoms with E-state index in [1.54, 1.807) is 0 Å². The lowest BCUT2D eigenvalue weighted by atomic mass is 9.91. The van der Waals surface area contributed by atoms with Crippen LogP contribution in [0.3, 0.4) is 0 Å². The number of ether oxygens (including phenoxy) is 1. The van der Waals surface area contributed by atoms with Crippen molar-refractivity contribution in [3.63, 3.8) is 0 Å². The lowest BCUT2D eigenvalue weighted by Gasteiger charge is -2.26. The Labute approximate surface area is 192 Å². The number of amides is 2. The van der Waals surface area contributed by atoms with Gasteiger partial charge in [-0.3, -0.25) is 9.59 Å². The zero-order valence-electron chi connectivity index (χ0n) is 19.9. The highest BCUT2D eigenvalue weighted by atomic mass is 16.5. The summed E-state index contributed by atoms with van der Waals surface area (Å²) >= 11 is 0. The molecular formula is C26H39N3O3. The highest BCUT2D eigenvalue weighted by Crippen LogP contribution is 2.33. The van der Waals surface area contributed by atoms with E-state index in [9.17, 15) is 9.59 Å². The fraction of sp³-hybridized carbons (Fsp3) is 0.692.